The first-order chi connectivity index (χ1) is 9.70. The lowest BCUT2D eigenvalue weighted by molar-refractivity contribution is -0.146. The minimum atomic E-state index is -4.69. The summed E-state index contributed by atoms with van der Waals surface area (Å²) in [6.07, 6.45) is -6.08. The van der Waals surface area contributed by atoms with Gasteiger partial charge in [0.15, 0.2) is 5.69 Å². The summed E-state index contributed by atoms with van der Waals surface area (Å²) < 4.78 is 45.5. The lowest BCUT2D eigenvalue weighted by Crippen LogP contribution is -2.39. The highest BCUT2D eigenvalue weighted by molar-refractivity contribution is 5.73. The number of halogens is 3. The molecule has 2 N–H and O–H groups in total. The Morgan fingerprint density at radius 1 is 1.52 bits per heavy atom. The Morgan fingerprint density at radius 3 is 2.76 bits per heavy atom. The molecule has 3 heterocycles. The predicted molar refractivity (Wildman–Crippen MR) is 61.4 cm³/mol. The maximum atomic E-state index is 13.1. The molecule has 2 saturated heterocycles. The molecule has 5 atom stereocenters. The third-order valence-corrected chi connectivity index (χ3v) is 4.10. The third kappa shape index (κ3) is 2.11. The van der Waals surface area contributed by atoms with Crippen molar-refractivity contribution in [1.29, 1.82) is 0 Å². The molecule has 9 heteroatoms. The van der Waals surface area contributed by atoms with E-state index in [9.17, 15) is 28.2 Å². The first-order valence-electron chi connectivity index (χ1n) is 6.37. The quantitative estimate of drug-likeness (QED) is 0.842. The van der Waals surface area contributed by atoms with Crippen LogP contribution in [0.2, 0.25) is 0 Å². The normalized spacial score (nSPS) is 35.4. The zero-order valence-electron chi connectivity index (χ0n) is 10.9. The van der Waals surface area contributed by atoms with Crippen LogP contribution in [0, 0.1) is 5.92 Å². The molecule has 116 valence electrons. The number of aliphatic carboxylic acids is 1. The van der Waals surface area contributed by atoms with E-state index in [-0.39, 0.29) is 12.0 Å². The van der Waals surface area contributed by atoms with Crippen LogP contribution < -0.4 is 0 Å². The van der Waals surface area contributed by atoms with Gasteiger partial charge in [0.05, 0.1) is 24.2 Å². The number of aliphatic hydroxyl groups excluding tert-OH is 1. The van der Waals surface area contributed by atoms with Crippen molar-refractivity contribution in [1.82, 2.24) is 9.78 Å². The molecular formula is C12H13F3N2O4. The number of aliphatic hydroxyl groups is 1. The Balaban J connectivity index is 2.08. The third-order valence-electron chi connectivity index (χ3n) is 4.10. The van der Waals surface area contributed by atoms with Crippen LogP contribution in [-0.4, -0.2) is 44.3 Å². The van der Waals surface area contributed by atoms with E-state index in [2.05, 4.69) is 5.10 Å². The van der Waals surface area contributed by atoms with Gasteiger partial charge in [0.1, 0.15) is 0 Å². The molecule has 0 aliphatic carbocycles. The molecule has 3 rings (SSSR count). The number of nitrogens with zero attached hydrogens (tertiary/aromatic N) is 2. The molecule has 1 aromatic rings. The number of alkyl halides is 3. The Morgan fingerprint density at radius 2 is 2.19 bits per heavy atom. The van der Waals surface area contributed by atoms with Gasteiger partial charge in [-0.2, -0.15) is 18.3 Å². The largest absolute Gasteiger partial charge is 0.481 e. The molecule has 0 spiro atoms. The van der Waals surface area contributed by atoms with Gasteiger partial charge in [-0.15, -0.1) is 0 Å². The van der Waals surface area contributed by atoms with E-state index < -0.39 is 48.0 Å². The Labute approximate surface area is 117 Å². The van der Waals surface area contributed by atoms with Crippen molar-refractivity contribution in [3.8, 4) is 0 Å². The summed E-state index contributed by atoms with van der Waals surface area (Å²) in [5.41, 5.74) is -1.35. The molecule has 0 radical (unpaired) electrons. The highest BCUT2D eigenvalue weighted by Gasteiger charge is 2.59. The van der Waals surface area contributed by atoms with Crippen molar-refractivity contribution < 1.29 is 32.9 Å². The zero-order chi connectivity index (χ0) is 15.5. The number of hydrogen-bond acceptors (Lipinski definition) is 4. The van der Waals surface area contributed by atoms with Gasteiger partial charge in [-0.05, 0) is 0 Å². The second kappa shape index (κ2) is 4.44. The first-order valence-corrected chi connectivity index (χ1v) is 6.37. The van der Waals surface area contributed by atoms with Crippen molar-refractivity contribution in [3.05, 3.63) is 17.5 Å². The van der Waals surface area contributed by atoms with Crippen molar-refractivity contribution >= 4 is 5.97 Å². The van der Waals surface area contributed by atoms with E-state index in [1.807, 2.05) is 0 Å². The highest BCUT2D eigenvalue weighted by Crippen LogP contribution is 2.51. The number of carboxylic acids is 1. The summed E-state index contributed by atoms with van der Waals surface area (Å²) >= 11 is 0. The predicted octanol–water partition coefficient (Wildman–Crippen LogP) is 0.755. The number of carbonyl (C=O) groups is 1. The molecule has 21 heavy (non-hydrogen) atoms. The summed E-state index contributed by atoms with van der Waals surface area (Å²) in [5, 5.41) is 22.5. The summed E-state index contributed by atoms with van der Waals surface area (Å²) in [7, 11) is 1.33. The van der Waals surface area contributed by atoms with E-state index in [1.54, 1.807) is 0 Å². The number of hydrogen-bond donors (Lipinski definition) is 2. The smallest absolute Gasteiger partial charge is 0.435 e. The van der Waals surface area contributed by atoms with Crippen molar-refractivity contribution in [2.75, 3.05) is 0 Å². The highest BCUT2D eigenvalue weighted by atomic mass is 19.4. The number of aryl methyl sites for hydroxylation is 1. The van der Waals surface area contributed by atoms with Gasteiger partial charge >= 0.3 is 12.1 Å². The summed E-state index contributed by atoms with van der Waals surface area (Å²) in [4.78, 5) is 11.4. The first kappa shape index (κ1) is 14.3. The van der Waals surface area contributed by atoms with E-state index in [1.165, 1.54) is 7.05 Å². The van der Waals surface area contributed by atoms with Crippen LogP contribution in [0.1, 0.15) is 23.6 Å². The lowest BCUT2D eigenvalue weighted by Gasteiger charge is -2.28. The van der Waals surface area contributed by atoms with Crippen LogP contribution >= 0.6 is 0 Å². The number of rotatable bonds is 2. The molecule has 0 saturated carbocycles. The molecule has 2 aliphatic rings. The average molecular weight is 306 g/mol. The Bertz CT molecular complexity index is 586. The van der Waals surface area contributed by atoms with Crippen LogP contribution in [0.25, 0.3) is 0 Å². The molecule has 0 amide bonds. The molecule has 2 bridgehead atoms. The Kier molecular flexibility index (Phi) is 3.03. The van der Waals surface area contributed by atoms with Crippen molar-refractivity contribution in [2.45, 2.75) is 36.8 Å². The molecule has 6 nitrogen and oxygen atoms in total. The summed E-state index contributed by atoms with van der Waals surface area (Å²) in [5.74, 6) is -3.39. The standard InChI is InChI=1S/C12H13F3N2O4/c1-17-3-4(10(16-17)12(13,14)15)7-8(11(19)20)6-2-5(18)9(7)21-6/h3,5-9,18H,2H2,1H3,(H,19,20)/t5-,6+,7+,8-,9-/m0/s1. The fraction of sp³-hybridized carbons (Fsp3) is 0.667. The van der Waals surface area contributed by atoms with Gasteiger partial charge in [-0.3, -0.25) is 9.48 Å². The van der Waals surface area contributed by atoms with E-state index >= 15 is 0 Å². The second-order valence-electron chi connectivity index (χ2n) is 5.44. The number of aromatic nitrogens is 2. The van der Waals surface area contributed by atoms with Gasteiger partial charge in [-0.1, -0.05) is 0 Å². The van der Waals surface area contributed by atoms with Gasteiger partial charge in [0, 0.05) is 31.1 Å². The molecule has 2 fully saturated rings. The molecule has 1 aromatic heterocycles. The number of carboxylic acid groups (broad SMARTS) is 1. The van der Waals surface area contributed by atoms with E-state index in [0.29, 0.717) is 0 Å². The molecular weight excluding hydrogens is 293 g/mol. The topological polar surface area (TPSA) is 84.6 Å². The minimum Gasteiger partial charge on any atom is -0.481 e. The second-order valence-corrected chi connectivity index (χ2v) is 5.44. The van der Waals surface area contributed by atoms with Gasteiger partial charge < -0.3 is 14.9 Å². The van der Waals surface area contributed by atoms with Crippen LogP contribution in [0.3, 0.4) is 0 Å². The fourth-order valence-corrected chi connectivity index (χ4v) is 3.37. The van der Waals surface area contributed by atoms with Gasteiger partial charge in [-0.25, -0.2) is 0 Å². The van der Waals surface area contributed by atoms with Gasteiger partial charge in [0.25, 0.3) is 0 Å². The summed E-state index contributed by atoms with van der Waals surface area (Å²) in [6.45, 7) is 0. The maximum Gasteiger partial charge on any atom is 0.435 e. The van der Waals surface area contributed by atoms with Gasteiger partial charge in [0.2, 0.25) is 0 Å². The maximum absolute atomic E-state index is 13.1. The van der Waals surface area contributed by atoms with Crippen molar-refractivity contribution in [3.63, 3.8) is 0 Å². The molecule has 0 aromatic carbocycles. The van der Waals surface area contributed by atoms with Crippen LogP contribution in [0.15, 0.2) is 6.20 Å². The lowest BCUT2D eigenvalue weighted by atomic mass is 9.74. The Hall–Kier alpha value is -1.61. The molecule has 2 aliphatic heterocycles. The SMILES string of the molecule is Cn1cc([C@H]2[C@H]3O[C@H](C[C@@H]3O)[C@@H]2C(=O)O)c(C(F)(F)F)n1. The van der Waals surface area contributed by atoms with E-state index in [4.69, 9.17) is 4.74 Å². The summed E-state index contributed by atoms with van der Waals surface area (Å²) in [6, 6.07) is 0. The monoisotopic (exact) mass is 306 g/mol. The van der Waals surface area contributed by atoms with Crippen LogP contribution in [-0.2, 0) is 22.8 Å². The molecule has 0 unspecified atom stereocenters. The van der Waals surface area contributed by atoms with Crippen LogP contribution in [0.5, 0.6) is 0 Å². The van der Waals surface area contributed by atoms with E-state index in [0.717, 1.165) is 10.9 Å². The zero-order valence-corrected chi connectivity index (χ0v) is 10.9. The minimum absolute atomic E-state index is 0.125. The fourth-order valence-electron chi connectivity index (χ4n) is 3.37. The number of fused-ring (bicyclic) bond motifs is 2. The average Bonchev–Trinajstić information content (AvgIpc) is 2.98. The van der Waals surface area contributed by atoms with Crippen molar-refractivity contribution in [2.24, 2.45) is 13.0 Å². The van der Waals surface area contributed by atoms with Crippen LogP contribution in [0.4, 0.5) is 13.2 Å². The number of ether oxygens (including phenoxy) is 1.